The van der Waals surface area contributed by atoms with Gasteiger partial charge in [-0.25, -0.2) is 0 Å². The highest BCUT2D eigenvalue weighted by Gasteiger charge is 2.42. The number of aryl methyl sites for hydroxylation is 1. The zero-order chi connectivity index (χ0) is 57.1. The molecule has 0 aromatic heterocycles. The summed E-state index contributed by atoms with van der Waals surface area (Å²) in [6, 6.07) is 103. The molecule has 0 amide bonds. The molecule has 12 aromatic carbocycles. The van der Waals surface area contributed by atoms with E-state index in [4.69, 9.17) is 0 Å². The van der Waals surface area contributed by atoms with Crippen molar-refractivity contribution in [3.05, 3.63) is 301 Å². The number of benzene rings is 12. The molecule has 0 saturated heterocycles. The highest BCUT2D eigenvalue weighted by Crippen LogP contribution is 2.57. The SMILES string of the molecule is Cc1cc(C(C)(C)C)ccc1N1c2cc(N(c3ccc(-c4ccccc4)cc3)c3ccc(-c4ccccc4)cc3)ccc2Bc2c(-c3cc(-c4ccccc4)ccc3Nc3cccc(-c4ccccc4)c3)cc3c(c21)-c1ccccc1C3(C)C. The minimum absolute atomic E-state index is 0.0358. The molecule has 1 aliphatic carbocycles. The Morgan fingerprint density at radius 1 is 0.405 bits per heavy atom. The van der Waals surface area contributed by atoms with Gasteiger partial charge >= 0.3 is 0 Å². The van der Waals surface area contributed by atoms with Crippen LogP contribution in [0.4, 0.5) is 45.5 Å². The monoisotopic (exact) mass is 1080 g/mol. The summed E-state index contributed by atoms with van der Waals surface area (Å²) in [5, 5.41) is 4.02. The highest BCUT2D eigenvalue weighted by molar-refractivity contribution is 6.73. The Balaban J connectivity index is 1.02. The van der Waals surface area contributed by atoms with Gasteiger partial charge in [0.2, 0.25) is 0 Å². The largest absolute Gasteiger partial charge is 0.355 e. The van der Waals surface area contributed by atoms with Crippen LogP contribution in [-0.4, -0.2) is 7.28 Å². The maximum absolute atomic E-state index is 4.02. The molecule has 1 N–H and O–H groups in total. The summed E-state index contributed by atoms with van der Waals surface area (Å²) in [4.78, 5) is 5.10. The van der Waals surface area contributed by atoms with Gasteiger partial charge in [-0.3, -0.25) is 0 Å². The summed E-state index contributed by atoms with van der Waals surface area (Å²) < 4.78 is 0. The van der Waals surface area contributed by atoms with Crippen LogP contribution in [0, 0.1) is 6.92 Å². The lowest BCUT2D eigenvalue weighted by molar-refractivity contribution is 0.590. The van der Waals surface area contributed by atoms with Crippen LogP contribution >= 0.6 is 0 Å². The Bertz CT molecular complexity index is 4330. The maximum atomic E-state index is 4.02. The van der Waals surface area contributed by atoms with Gasteiger partial charge in [-0.1, -0.05) is 246 Å². The lowest BCUT2D eigenvalue weighted by Gasteiger charge is -2.39. The molecular weight excluding hydrogens is 1010 g/mol. The summed E-state index contributed by atoms with van der Waals surface area (Å²) in [5.41, 5.74) is 30.8. The first-order chi connectivity index (χ1) is 40.9. The molecule has 84 heavy (non-hydrogen) atoms. The quantitative estimate of drug-likeness (QED) is 0.130. The van der Waals surface area contributed by atoms with Crippen molar-refractivity contribution in [2.45, 2.75) is 52.4 Å². The predicted octanol–water partition coefficient (Wildman–Crippen LogP) is 20.3. The first kappa shape index (κ1) is 52.2. The van der Waals surface area contributed by atoms with E-state index in [1.807, 2.05) is 0 Å². The molecule has 0 fully saturated rings. The summed E-state index contributed by atoms with van der Waals surface area (Å²) in [5.74, 6) is 0. The highest BCUT2D eigenvalue weighted by atomic mass is 15.2. The second-order valence-corrected chi connectivity index (χ2v) is 24.3. The van der Waals surface area contributed by atoms with Crippen LogP contribution in [0.3, 0.4) is 0 Å². The topological polar surface area (TPSA) is 18.5 Å². The second-order valence-electron chi connectivity index (χ2n) is 24.3. The van der Waals surface area contributed by atoms with Gasteiger partial charge in [0.05, 0.1) is 0 Å². The van der Waals surface area contributed by atoms with Crippen molar-refractivity contribution < 1.29 is 0 Å². The van der Waals surface area contributed by atoms with Gasteiger partial charge in [-0.2, -0.15) is 0 Å². The molecular formula is C80H66BN3. The smallest absolute Gasteiger partial charge is 0.198 e. The zero-order valence-electron chi connectivity index (χ0n) is 48.7. The fourth-order valence-electron chi connectivity index (χ4n) is 13.1. The van der Waals surface area contributed by atoms with Crippen LogP contribution in [0.5, 0.6) is 0 Å². The van der Waals surface area contributed by atoms with E-state index in [9.17, 15) is 0 Å². The van der Waals surface area contributed by atoms with E-state index >= 15 is 0 Å². The number of anilines is 8. The van der Waals surface area contributed by atoms with Crippen molar-refractivity contribution in [3.63, 3.8) is 0 Å². The normalized spacial score (nSPS) is 12.8. The fraction of sp³-hybridized carbons (Fsp3) is 0.100. The Kier molecular flexibility index (Phi) is 13.1. The number of nitrogens with zero attached hydrogens (tertiary/aromatic N) is 2. The molecule has 4 heteroatoms. The Morgan fingerprint density at radius 2 is 0.917 bits per heavy atom. The summed E-state index contributed by atoms with van der Waals surface area (Å²) >= 11 is 0. The lowest BCUT2D eigenvalue weighted by atomic mass is 9.57. The molecule has 0 saturated carbocycles. The molecule has 3 nitrogen and oxygen atoms in total. The first-order valence-electron chi connectivity index (χ1n) is 29.5. The standard InChI is InChI=1S/C80H66BN3/c1-53-48-62(79(2,3)4)39-47-74(53)84-75-51-66(83(64-40-34-58(35-41-64)54-22-11-7-12-23-54)65-42-36-59(37-43-65)55-24-13-8-14-25-55)44-45-72(75)81-77-69(52-71-76(78(77)84)67-32-19-20-33-70(67)80(71,5)6)68-50-61(57-28-17-10-18-29-57)38-46-73(68)82-63-31-21-30-60(49-63)56-26-15-9-16-27-56/h7-52,81-82H,1-6H3. The van der Waals surface area contributed by atoms with E-state index in [1.54, 1.807) is 0 Å². The number of hydrogen-bond acceptors (Lipinski definition) is 3. The summed E-state index contributed by atoms with van der Waals surface area (Å²) in [7, 11) is 0.724. The third kappa shape index (κ3) is 9.48. The molecule has 0 radical (unpaired) electrons. The molecule has 0 unspecified atom stereocenters. The first-order valence-corrected chi connectivity index (χ1v) is 29.5. The van der Waals surface area contributed by atoms with Crippen LogP contribution in [0.25, 0.3) is 66.8 Å². The molecule has 0 spiro atoms. The van der Waals surface area contributed by atoms with Crippen molar-refractivity contribution in [3.8, 4) is 66.8 Å². The van der Waals surface area contributed by atoms with E-state index < -0.39 is 0 Å². The van der Waals surface area contributed by atoms with Gasteiger partial charge < -0.3 is 15.1 Å². The Labute approximate surface area is 496 Å². The number of nitrogens with one attached hydrogen (secondary N) is 1. The molecule has 14 rings (SSSR count). The van der Waals surface area contributed by atoms with E-state index in [0.29, 0.717) is 0 Å². The molecule has 1 heterocycles. The van der Waals surface area contributed by atoms with Crippen LogP contribution in [-0.2, 0) is 10.8 Å². The van der Waals surface area contributed by atoms with E-state index in [-0.39, 0.29) is 10.8 Å². The van der Waals surface area contributed by atoms with Crippen LogP contribution in [0.1, 0.15) is 56.9 Å². The van der Waals surface area contributed by atoms with E-state index in [2.05, 4.69) is 336 Å². The van der Waals surface area contributed by atoms with Crippen molar-refractivity contribution in [1.82, 2.24) is 0 Å². The maximum Gasteiger partial charge on any atom is 0.198 e. The molecule has 1 aliphatic heterocycles. The second kappa shape index (κ2) is 21.1. The number of rotatable bonds is 11. The van der Waals surface area contributed by atoms with Crippen molar-refractivity contribution in [2.24, 2.45) is 0 Å². The molecule has 2 aliphatic rings. The van der Waals surface area contributed by atoms with Gasteiger partial charge in [-0.05, 0) is 168 Å². The van der Waals surface area contributed by atoms with E-state index in [0.717, 1.165) is 41.3 Å². The van der Waals surface area contributed by atoms with Crippen molar-refractivity contribution in [1.29, 1.82) is 0 Å². The number of hydrogen-bond donors (Lipinski definition) is 1. The van der Waals surface area contributed by atoms with Gasteiger partial charge in [0.25, 0.3) is 0 Å². The van der Waals surface area contributed by atoms with Crippen LogP contribution < -0.4 is 26.0 Å². The lowest BCUT2D eigenvalue weighted by Crippen LogP contribution is -2.42. The minimum Gasteiger partial charge on any atom is -0.355 e. The van der Waals surface area contributed by atoms with Gasteiger partial charge in [0.15, 0.2) is 7.28 Å². The zero-order valence-corrected chi connectivity index (χ0v) is 48.7. The molecule has 0 atom stereocenters. The predicted molar refractivity (Wildman–Crippen MR) is 360 cm³/mol. The molecule has 404 valence electrons. The third-order valence-electron chi connectivity index (χ3n) is 17.5. The fourth-order valence-corrected chi connectivity index (χ4v) is 13.1. The van der Waals surface area contributed by atoms with Crippen LogP contribution in [0.2, 0.25) is 0 Å². The minimum atomic E-state index is -0.308. The summed E-state index contributed by atoms with van der Waals surface area (Å²) in [6.07, 6.45) is 0. The van der Waals surface area contributed by atoms with Gasteiger partial charge in [-0.15, -0.1) is 0 Å². The Morgan fingerprint density at radius 3 is 1.50 bits per heavy atom. The van der Waals surface area contributed by atoms with Crippen molar-refractivity contribution >= 4 is 63.7 Å². The van der Waals surface area contributed by atoms with Gasteiger partial charge in [0, 0.05) is 62.0 Å². The average molecular weight is 1080 g/mol. The number of fused-ring (bicyclic) bond motifs is 6. The Hall–Kier alpha value is -9.90. The average Bonchev–Trinajstić information content (AvgIpc) is 1.85. The van der Waals surface area contributed by atoms with Crippen molar-refractivity contribution in [2.75, 3.05) is 15.1 Å². The van der Waals surface area contributed by atoms with Gasteiger partial charge in [0.1, 0.15) is 0 Å². The summed E-state index contributed by atoms with van der Waals surface area (Å²) in [6.45, 7) is 14.1. The van der Waals surface area contributed by atoms with Crippen LogP contribution in [0.15, 0.2) is 279 Å². The molecule has 12 aromatic rings. The van der Waals surface area contributed by atoms with E-state index in [1.165, 1.54) is 111 Å². The third-order valence-corrected chi connectivity index (χ3v) is 17.5. The molecule has 0 bridgehead atoms.